The van der Waals surface area contributed by atoms with Crippen molar-refractivity contribution < 1.29 is 9.53 Å². The molecule has 0 amide bonds. The van der Waals surface area contributed by atoms with E-state index in [-0.39, 0.29) is 17.9 Å². The second kappa shape index (κ2) is 7.54. The minimum Gasteiger partial charge on any atom is -0.380 e. The van der Waals surface area contributed by atoms with E-state index in [1.54, 1.807) is 7.11 Å². The molecule has 4 rings (SSSR count). The average Bonchev–Trinajstić information content (AvgIpc) is 3.11. The summed E-state index contributed by atoms with van der Waals surface area (Å²) in [6.07, 6.45) is 1.16. The molecule has 0 radical (unpaired) electrons. The normalized spacial score (nSPS) is 18.5. The molecule has 2 unspecified atom stereocenters. The Morgan fingerprint density at radius 3 is 2.50 bits per heavy atom. The van der Waals surface area contributed by atoms with E-state index in [0.29, 0.717) is 0 Å². The van der Waals surface area contributed by atoms with Gasteiger partial charge in [0.2, 0.25) is 0 Å². The highest BCUT2D eigenvalue weighted by Crippen LogP contribution is 2.32. The fraction of sp³-hybridized carbons (Fsp3) is 0.480. The lowest BCUT2D eigenvalue weighted by atomic mass is 9.98. The molecule has 0 saturated carbocycles. The van der Waals surface area contributed by atoms with Crippen molar-refractivity contribution in [2.45, 2.75) is 52.4 Å². The van der Waals surface area contributed by atoms with Gasteiger partial charge in [0.15, 0.2) is 5.78 Å². The SMILES string of the molecule is CCN(c1ccc2c(c1)[Si](C)(C)c1cc3c(cc1C2=O)CCN3C)C(C)C(C)OC. The van der Waals surface area contributed by atoms with Crippen LogP contribution in [0.2, 0.25) is 13.1 Å². The van der Waals surface area contributed by atoms with Gasteiger partial charge >= 0.3 is 0 Å². The first-order valence-corrected chi connectivity index (χ1v) is 14.1. The first-order valence-electron chi connectivity index (χ1n) is 11.1. The predicted octanol–water partition coefficient (Wildman–Crippen LogP) is 3.30. The molecule has 0 bridgehead atoms. The molecular weight excluding hydrogens is 388 g/mol. The van der Waals surface area contributed by atoms with Crippen molar-refractivity contribution in [3.05, 3.63) is 47.0 Å². The van der Waals surface area contributed by atoms with Crippen molar-refractivity contribution in [3.63, 3.8) is 0 Å². The van der Waals surface area contributed by atoms with E-state index < -0.39 is 8.07 Å². The van der Waals surface area contributed by atoms with Crippen molar-refractivity contribution in [2.75, 3.05) is 37.0 Å². The fourth-order valence-electron chi connectivity index (χ4n) is 5.17. The molecule has 2 atom stereocenters. The van der Waals surface area contributed by atoms with E-state index >= 15 is 0 Å². The Morgan fingerprint density at radius 2 is 1.83 bits per heavy atom. The molecule has 2 aromatic rings. The summed E-state index contributed by atoms with van der Waals surface area (Å²) in [5.41, 5.74) is 5.64. The standard InChI is InChI=1S/C25H34N2O2Si/c1-8-27(16(2)17(3)29-5)19-9-10-20-23(14-19)30(6,7)24-15-22-18(11-12-26(22)4)13-21(24)25(20)28/h9-10,13-17H,8,11-12H2,1-7H3. The Morgan fingerprint density at radius 1 is 1.13 bits per heavy atom. The number of hydrogen-bond donors (Lipinski definition) is 0. The number of carbonyl (C=O) groups excluding carboxylic acids is 1. The third-order valence-electron chi connectivity index (χ3n) is 7.40. The topological polar surface area (TPSA) is 32.8 Å². The van der Waals surface area contributed by atoms with Crippen LogP contribution in [0.25, 0.3) is 0 Å². The minimum absolute atomic E-state index is 0.131. The molecule has 2 aliphatic heterocycles. The number of benzene rings is 2. The predicted molar refractivity (Wildman–Crippen MR) is 129 cm³/mol. The molecule has 2 heterocycles. The van der Waals surface area contributed by atoms with Gasteiger partial charge < -0.3 is 14.5 Å². The second-order valence-electron chi connectivity index (χ2n) is 9.35. The van der Waals surface area contributed by atoms with Gasteiger partial charge in [0.05, 0.1) is 12.1 Å². The zero-order chi connectivity index (χ0) is 21.8. The summed E-state index contributed by atoms with van der Waals surface area (Å²) in [4.78, 5) is 18.2. The fourth-order valence-corrected chi connectivity index (χ4v) is 8.20. The van der Waals surface area contributed by atoms with Crippen LogP contribution in [-0.4, -0.2) is 53.2 Å². The highest BCUT2D eigenvalue weighted by atomic mass is 28.3. The summed E-state index contributed by atoms with van der Waals surface area (Å²) in [5, 5.41) is 2.54. The minimum atomic E-state index is -2.01. The summed E-state index contributed by atoms with van der Waals surface area (Å²) >= 11 is 0. The number of likely N-dealkylation sites (N-methyl/N-ethyl adjacent to an activating group) is 2. The molecule has 0 aliphatic carbocycles. The van der Waals surface area contributed by atoms with Crippen molar-refractivity contribution in [1.29, 1.82) is 0 Å². The van der Waals surface area contributed by atoms with Gasteiger partial charge in [-0.1, -0.05) is 13.1 Å². The first kappa shape index (κ1) is 21.1. The van der Waals surface area contributed by atoms with Crippen LogP contribution in [0.3, 0.4) is 0 Å². The molecule has 0 N–H and O–H groups in total. The van der Waals surface area contributed by atoms with Gasteiger partial charge in [-0.15, -0.1) is 0 Å². The van der Waals surface area contributed by atoms with Crippen LogP contribution >= 0.6 is 0 Å². The van der Waals surface area contributed by atoms with Crippen LogP contribution in [-0.2, 0) is 11.2 Å². The first-order chi connectivity index (χ1) is 14.2. The largest absolute Gasteiger partial charge is 0.380 e. The number of rotatable bonds is 5. The van der Waals surface area contributed by atoms with Crippen molar-refractivity contribution in [2.24, 2.45) is 0 Å². The summed E-state index contributed by atoms with van der Waals surface area (Å²) in [6.45, 7) is 13.2. The number of hydrogen-bond acceptors (Lipinski definition) is 4. The quantitative estimate of drug-likeness (QED) is 0.692. The molecule has 0 saturated heterocycles. The van der Waals surface area contributed by atoms with Gasteiger partial charge in [-0.3, -0.25) is 4.79 Å². The molecular formula is C25H34N2O2Si. The third kappa shape index (κ3) is 3.10. The van der Waals surface area contributed by atoms with E-state index in [4.69, 9.17) is 4.74 Å². The van der Waals surface area contributed by atoms with Crippen molar-refractivity contribution >= 4 is 35.6 Å². The number of ether oxygens (including phenoxy) is 1. The third-order valence-corrected chi connectivity index (χ3v) is 10.9. The van der Waals surface area contributed by atoms with Crippen molar-refractivity contribution in [1.82, 2.24) is 0 Å². The van der Waals surface area contributed by atoms with E-state index in [1.165, 1.54) is 27.3 Å². The van der Waals surface area contributed by atoms with E-state index in [9.17, 15) is 4.79 Å². The van der Waals surface area contributed by atoms with Crippen LogP contribution in [0.4, 0.5) is 11.4 Å². The van der Waals surface area contributed by atoms with Crippen LogP contribution in [0.15, 0.2) is 30.3 Å². The maximum absolute atomic E-state index is 13.5. The highest BCUT2D eigenvalue weighted by molar-refractivity contribution is 7.02. The Kier molecular flexibility index (Phi) is 5.31. The van der Waals surface area contributed by atoms with Gasteiger partial charge in [0.25, 0.3) is 0 Å². The molecule has 160 valence electrons. The Balaban J connectivity index is 1.83. The second-order valence-corrected chi connectivity index (χ2v) is 13.7. The number of ketones is 1. The van der Waals surface area contributed by atoms with Crippen LogP contribution in [0.5, 0.6) is 0 Å². The maximum Gasteiger partial charge on any atom is 0.192 e. The molecule has 2 aliphatic rings. The highest BCUT2D eigenvalue weighted by Gasteiger charge is 2.40. The molecule has 0 aromatic heterocycles. The van der Waals surface area contributed by atoms with E-state index in [2.05, 4.69) is 81.0 Å². The lowest BCUT2D eigenvalue weighted by Crippen LogP contribution is -2.60. The number of nitrogens with zero attached hydrogens (tertiary/aromatic N) is 2. The summed E-state index contributed by atoms with van der Waals surface area (Å²) in [5.74, 6) is 0.192. The monoisotopic (exact) mass is 422 g/mol. The zero-order valence-electron chi connectivity index (χ0n) is 19.4. The van der Waals surface area contributed by atoms with Crippen molar-refractivity contribution in [3.8, 4) is 0 Å². The van der Waals surface area contributed by atoms with Gasteiger partial charge in [0, 0.05) is 49.7 Å². The van der Waals surface area contributed by atoms with E-state index in [0.717, 1.165) is 30.6 Å². The lowest BCUT2D eigenvalue weighted by Gasteiger charge is -2.37. The van der Waals surface area contributed by atoms with Crippen LogP contribution in [0, 0.1) is 0 Å². The lowest BCUT2D eigenvalue weighted by molar-refractivity contribution is 0.0978. The van der Waals surface area contributed by atoms with E-state index in [1.807, 2.05) is 0 Å². The summed E-state index contributed by atoms with van der Waals surface area (Å²) in [6, 6.07) is 11.2. The number of anilines is 2. The molecule has 0 spiro atoms. The zero-order valence-corrected chi connectivity index (χ0v) is 20.4. The van der Waals surface area contributed by atoms with Gasteiger partial charge in [-0.2, -0.15) is 0 Å². The Labute approximate surface area is 181 Å². The summed E-state index contributed by atoms with van der Waals surface area (Å²) in [7, 11) is 1.91. The van der Waals surface area contributed by atoms with Crippen LogP contribution < -0.4 is 20.2 Å². The summed E-state index contributed by atoms with van der Waals surface area (Å²) < 4.78 is 5.59. The van der Waals surface area contributed by atoms with Gasteiger partial charge in [-0.05, 0) is 73.5 Å². The number of fused-ring (bicyclic) bond motifs is 3. The molecule has 30 heavy (non-hydrogen) atoms. The van der Waals surface area contributed by atoms with Crippen LogP contribution in [0.1, 0.15) is 42.3 Å². The number of methoxy groups -OCH3 is 1. The molecule has 4 nitrogen and oxygen atoms in total. The Hall–Kier alpha value is -2.11. The maximum atomic E-state index is 13.5. The number of carbonyl (C=O) groups is 1. The Bertz CT molecular complexity index is 1000. The molecule has 0 fully saturated rings. The van der Waals surface area contributed by atoms with Gasteiger partial charge in [-0.25, -0.2) is 0 Å². The average molecular weight is 423 g/mol. The van der Waals surface area contributed by atoms with Gasteiger partial charge in [0.1, 0.15) is 8.07 Å². The smallest absolute Gasteiger partial charge is 0.192 e. The molecule has 2 aromatic carbocycles. The molecule has 5 heteroatoms.